The molecule has 5 nitrogen and oxygen atoms in total. The zero-order valence-corrected chi connectivity index (χ0v) is 22.6. The van der Waals surface area contributed by atoms with Crippen LogP contribution < -0.4 is 5.32 Å². The fourth-order valence-corrected chi connectivity index (χ4v) is 7.10. The number of benzene rings is 1. The van der Waals surface area contributed by atoms with Gasteiger partial charge >= 0.3 is 0 Å². The van der Waals surface area contributed by atoms with Crippen LogP contribution in [-0.2, 0) is 0 Å². The molecule has 1 aliphatic heterocycles. The third kappa shape index (κ3) is 6.70. The van der Waals surface area contributed by atoms with E-state index >= 15 is 0 Å². The maximum absolute atomic E-state index is 13.8. The van der Waals surface area contributed by atoms with Crippen LogP contribution in [0.25, 0.3) is 0 Å². The van der Waals surface area contributed by atoms with Crippen molar-refractivity contribution in [2.24, 2.45) is 11.8 Å². The Kier molecular flexibility index (Phi) is 9.87. The summed E-state index contributed by atoms with van der Waals surface area (Å²) in [5.74, 6) is 0.762. The van der Waals surface area contributed by atoms with E-state index in [1.54, 1.807) is 6.07 Å². The smallest absolute Gasteiger partial charge is 0.254 e. The van der Waals surface area contributed by atoms with Crippen molar-refractivity contribution in [2.45, 2.75) is 128 Å². The van der Waals surface area contributed by atoms with Crippen LogP contribution in [0.1, 0.15) is 130 Å². The van der Waals surface area contributed by atoms with Crippen molar-refractivity contribution in [1.29, 1.82) is 0 Å². The van der Waals surface area contributed by atoms with Crippen LogP contribution in [-0.4, -0.2) is 46.6 Å². The Morgan fingerprint density at radius 2 is 1.50 bits per heavy atom. The van der Waals surface area contributed by atoms with Gasteiger partial charge in [-0.25, -0.2) is 0 Å². The average molecular weight is 497 g/mol. The monoisotopic (exact) mass is 496 g/mol. The molecule has 3 aliphatic rings. The summed E-state index contributed by atoms with van der Waals surface area (Å²) in [4.78, 5) is 29.1. The summed E-state index contributed by atoms with van der Waals surface area (Å²) in [5.41, 5.74) is 2.07. The quantitative estimate of drug-likeness (QED) is 0.458. The van der Waals surface area contributed by atoms with Gasteiger partial charge in [0.05, 0.1) is 12.1 Å². The van der Waals surface area contributed by atoms with Gasteiger partial charge in [-0.2, -0.15) is 0 Å². The van der Waals surface area contributed by atoms with Crippen molar-refractivity contribution in [3.05, 3.63) is 34.9 Å². The summed E-state index contributed by atoms with van der Waals surface area (Å²) in [7, 11) is 0. The second-order valence-electron chi connectivity index (χ2n) is 11.8. The van der Waals surface area contributed by atoms with E-state index in [-0.39, 0.29) is 23.8 Å². The fraction of sp³-hybridized carbons (Fsp3) is 0.742. The highest BCUT2D eigenvalue weighted by molar-refractivity contribution is 6.00. The van der Waals surface area contributed by atoms with E-state index in [0.29, 0.717) is 29.5 Å². The van der Waals surface area contributed by atoms with E-state index in [1.807, 2.05) is 26.0 Å². The first-order valence-electron chi connectivity index (χ1n) is 14.9. The van der Waals surface area contributed by atoms with Crippen molar-refractivity contribution in [2.75, 3.05) is 6.54 Å². The van der Waals surface area contributed by atoms with Crippen LogP contribution in [0.15, 0.2) is 18.2 Å². The number of aliphatic hydroxyl groups is 1. The largest absolute Gasteiger partial charge is 0.391 e. The number of likely N-dealkylation sites (tertiary alicyclic amines) is 1. The molecular weight excluding hydrogens is 448 g/mol. The highest BCUT2D eigenvalue weighted by atomic mass is 16.3. The SMILES string of the molecule is CCC(NC(=O)c1cc(C)cc(C(=O)N2CCCC2C2CCCCCCCC2)c1)C(O)C1CCCC1. The molecule has 2 saturated carbocycles. The Bertz CT molecular complexity index is 869. The zero-order valence-electron chi connectivity index (χ0n) is 22.6. The van der Waals surface area contributed by atoms with Crippen molar-refractivity contribution >= 4 is 11.8 Å². The molecule has 2 amide bonds. The molecule has 0 spiro atoms. The second kappa shape index (κ2) is 13.1. The molecule has 1 aromatic rings. The molecule has 1 heterocycles. The zero-order chi connectivity index (χ0) is 25.5. The maximum Gasteiger partial charge on any atom is 0.254 e. The Labute approximate surface area is 218 Å². The van der Waals surface area contributed by atoms with Gasteiger partial charge in [0, 0.05) is 23.7 Å². The summed E-state index contributed by atoms with van der Waals surface area (Å²) in [6, 6.07) is 5.65. The van der Waals surface area contributed by atoms with Crippen molar-refractivity contribution < 1.29 is 14.7 Å². The van der Waals surface area contributed by atoms with Crippen molar-refractivity contribution in [3.63, 3.8) is 0 Å². The highest BCUT2D eigenvalue weighted by Gasteiger charge is 2.35. The third-order valence-corrected chi connectivity index (χ3v) is 9.14. The summed E-state index contributed by atoms with van der Waals surface area (Å²) in [6.45, 7) is 4.79. The first-order valence-corrected chi connectivity index (χ1v) is 14.9. The van der Waals surface area contributed by atoms with Gasteiger partial charge in [0.1, 0.15) is 0 Å². The lowest BCUT2D eigenvalue weighted by molar-refractivity contribution is 0.0603. The van der Waals surface area contributed by atoms with Crippen LogP contribution in [0.5, 0.6) is 0 Å². The van der Waals surface area contributed by atoms with E-state index < -0.39 is 6.10 Å². The average Bonchev–Trinajstić information content (AvgIpc) is 3.59. The number of carbonyl (C=O) groups is 2. The minimum atomic E-state index is -0.509. The molecule has 3 fully saturated rings. The van der Waals surface area contributed by atoms with E-state index in [9.17, 15) is 14.7 Å². The lowest BCUT2D eigenvalue weighted by atomic mass is 9.88. The molecule has 4 rings (SSSR count). The Balaban J connectivity index is 1.46. The van der Waals surface area contributed by atoms with Gasteiger partial charge in [-0.15, -0.1) is 0 Å². The summed E-state index contributed by atoms with van der Waals surface area (Å²) in [5, 5.41) is 14.0. The first-order chi connectivity index (χ1) is 17.5. The predicted octanol–water partition coefficient (Wildman–Crippen LogP) is 6.41. The number of hydrogen-bond acceptors (Lipinski definition) is 3. The summed E-state index contributed by atoms with van der Waals surface area (Å²) in [6.07, 6.45) is 17.1. The molecule has 3 atom stereocenters. The predicted molar refractivity (Wildman–Crippen MR) is 145 cm³/mol. The van der Waals surface area contributed by atoms with Gasteiger partial charge in [0.25, 0.3) is 11.8 Å². The van der Waals surface area contributed by atoms with Crippen LogP contribution in [0.3, 0.4) is 0 Å². The highest BCUT2D eigenvalue weighted by Crippen LogP contribution is 2.34. The molecule has 1 saturated heterocycles. The first kappa shape index (κ1) is 27.2. The maximum atomic E-state index is 13.8. The van der Waals surface area contributed by atoms with Gasteiger partial charge in [-0.05, 0) is 87.5 Å². The van der Waals surface area contributed by atoms with Crippen molar-refractivity contribution in [1.82, 2.24) is 10.2 Å². The third-order valence-electron chi connectivity index (χ3n) is 9.14. The van der Waals surface area contributed by atoms with Gasteiger partial charge in [-0.1, -0.05) is 58.3 Å². The molecule has 0 radical (unpaired) electrons. The Hall–Kier alpha value is -1.88. The van der Waals surface area contributed by atoms with Gasteiger partial charge < -0.3 is 15.3 Å². The standard InChI is InChI=1S/C31H48N2O3/c1-3-27(29(34)24-15-10-11-16-24)32-30(35)25-19-22(2)20-26(21-25)31(36)33-18-12-17-28(33)23-13-8-6-4-5-7-9-14-23/h19-21,23-24,27-29,34H,3-18H2,1-2H3,(H,32,35). The molecular formula is C31H48N2O3. The summed E-state index contributed by atoms with van der Waals surface area (Å²) < 4.78 is 0. The topological polar surface area (TPSA) is 69.6 Å². The number of nitrogens with zero attached hydrogens (tertiary/aromatic N) is 1. The molecule has 2 N–H and O–H groups in total. The minimum Gasteiger partial charge on any atom is -0.391 e. The van der Waals surface area contributed by atoms with Crippen LogP contribution in [0, 0.1) is 18.8 Å². The molecule has 2 aliphatic carbocycles. The minimum absolute atomic E-state index is 0.0770. The Morgan fingerprint density at radius 3 is 2.17 bits per heavy atom. The lowest BCUT2D eigenvalue weighted by Gasteiger charge is -2.32. The van der Waals surface area contributed by atoms with Crippen LogP contribution in [0.4, 0.5) is 0 Å². The van der Waals surface area contributed by atoms with Gasteiger partial charge in [0.2, 0.25) is 0 Å². The molecule has 36 heavy (non-hydrogen) atoms. The summed E-state index contributed by atoms with van der Waals surface area (Å²) >= 11 is 0. The fourth-order valence-electron chi connectivity index (χ4n) is 7.10. The van der Waals surface area contributed by atoms with Crippen molar-refractivity contribution in [3.8, 4) is 0 Å². The van der Waals surface area contributed by atoms with E-state index in [2.05, 4.69) is 10.2 Å². The molecule has 0 aromatic heterocycles. The Morgan fingerprint density at radius 1 is 0.889 bits per heavy atom. The van der Waals surface area contributed by atoms with E-state index in [1.165, 1.54) is 51.4 Å². The molecule has 1 aromatic carbocycles. The van der Waals surface area contributed by atoms with Crippen LogP contribution >= 0.6 is 0 Å². The molecule has 0 bridgehead atoms. The number of aliphatic hydroxyl groups excluding tert-OH is 1. The van der Waals surface area contributed by atoms with Gasteiger partial charge in [0.15, 0.2) is 0 Å². The number of hydrogen-bond donors (Lipinski definition) is 2. The number of amides is 2. The second-order valence-corrected chi connectivity index (χ2v) is 11.8. The van der Waals surface area contributed by atoms with Gasteiger partial charge in [-0.3, -0.25) is 9.59 Å². The number of rotatable bonds is 7. The van der Waals surface area contributed by atoms with E-state index in [0.717, 1.165) is 50.6 Å². The molecule has 5 heteroatoms. The molecule has 3 unspecified atom stereocenters. The lowest BCUT2D eigenvalue weighted by Crippen LogP contribution is -2.45. The number of carbonyl (C=O) groups excluding carboxylic acids is 2. The normalized spacial score (nSPS) is 24.1. The number of nitrogens with one attached hydrogen (secondary N) is 1. The molecule has 200 valence electrons. The number of aryl methyl sites for hydroxylation is 1. The van der Waals surface area contributed by atoms with Crippen LogP contribution in [0.2, 0.25) is 0 Å². The van der Waals surface area contributed by atoms with E-state index in [4.69, 9.17) is 0 Å².